The van der Waals surface area contributed by atoms with Crippen LogP contribution in [0.15, 0.2) is 60.9 Å². The van der Waals surface area contributed by atoms with Gasteiger partial charge in [-0.25, -0.2) is 9.97 Å². The van der Waals surface area contributed by atoms with Gasteiger partial charge in [0.15, 0.2) is 5.82 Å². The molecule has 3 aromatic rings. The lowest BCUT2D eigenvalue weighted by atomic mass is 10.2. The molecule has 1 atom stereocenters. The zero-order valence-corrected chi connectivity index (χ0v) is 15.2. The van der Waals surface area contributed by atoms with Gasteiger partial charge in [-0.1, -0.05) is 30.3 Å². The predicted molar refractivity (Wildman–Crippen MR) is 104 cm³/mol. The number of rotatable bonds is 5. The second-order valence-corrected chi connectivity index (χ2v) is 6.69. The van der Waals surface area contributed by atoms with E-state index in [0.717, 1.165) is 29.8 Å². The first-order valence-corrected chi connectivity index (χ1v) is 9.04. The molecule has 1 aliphatic rings. The van der Waals surface area contributed by atoms with Crippen LogP contribution in [0.5, 0.6) is 0 Å². The van der Waals surface area contributed by atoms with Crippen LogP contribution in [-0.2, 0) is 11.3 Å². The Labute approximate surface area is 158 Å². The van der Waals surface area contributed by atoms with Gasteiger partial charge in [0.25, 0.3) is 0 Å². The highest BCUT2D eigenvalue weighted by atomic mass is 16.2. The third-order valence-corrected chi connectivity index (χ3v) is 4.63. The Morgan fingerprint density at radius 2 is 1.89 bits per heavy atom. The minimum Gasteiger partial charge on any atom is -0.358 e. The van der Waals surface area contributed by atoms with E-state index in [4.69, 9.17) is 0 Å². The molecule has 27 heavy (non-hydrogen) atoms. The summed E-state index contributed by atoms with van der Waals surface area (Å²) in [6.45, 7) is 3.31. The fourth-order valence-corrected chi connectivity index (χ4v) is 3.28. The Bertz CT molecular complexity index is 930. The Morgan fingerprint density at radius 1 is 1.11 bits per heavy atom. The van der Waals surface area contributed by atoms with Gasteiger partial charge in [0.05, 0.1) is 0 Å². The molecular weight excluding hydrogens is 338 g/mol. The summed E-state index contributed by atoms with van der Waals surface area (Å²) in [5.74, 6) is 1.42. The molecule has 0 spiro atoms. The number of amides is 1. The Hall–Kier alpha value is -3.28. The summed E-state index contributed by atoms with van der Waals surface area (Å²) in [7, 11) is 0. The standard InChI is InChI=1S/C21H21N5O/c1-15-13-19(25-20(23-15)17-7-10-22-11-8-17)24-18-9-12-26(21(18)27)14-16-5-3-2-4-6-16/h2-8,10-11,13,18H,9,12,14H2,1H3,(H,23,24,25)/t18-/m0/s1. The maximum atomic E-state index is 12.8. The molecular formula is C21H21N5O. The third kappa shape index (κ3) is 3.95. The quantitative estimate of drug-likeness (QED) is 0.758. The van der Waals surface area contributed by atoms with Gasteiger partial charge in [-0.3, -0.25) is 9.78 Å². The van der Waals surface area contributed by atoms with E-state index in [1.165, 1.54) is 0 Å². The van der Waals surface area contributed by atoms with Gasteiger partial charge in [-0.05, 0) is 31.0 Å². The van der Waals surface area contributed by atoms with E-state index in [1.54, 1.807) is 12.4 Å². The topological polar surface area (TPSA) is 71.0 Å². The van der Waals surface area contributed by atoms with Gasteiger partial charge in [0.2, 0.25) is 5.91 Å². The average Bonchev–Trinajstić information content (AvgIpc) is 3.02. The lowest BCUT2D eigenvalue weighted by molar-refractivity contribution is -0.128. The molecule has 1 fully saturated rings. The molecule has 3 heterocycles. The molecule has 6 heteroatoms. The first kappa shape index (κ1) is 17.1. The van der Waals surface area contributed by atoms with Crippen molar-refractivity contribution in [1.82, 2.24) is 19.9 Å². The van der Waals surface area contributed by atoms with Crippen LogP contribution in [0, 0.1) is 6.92 Å². The fraction of sp³-hybridized carbons (Fsp3) is 0.238. The molecule has 0 saturated carbocycles. The predicted octanol–water partition coefficient (Wildman–Crippen LogP) is 3.06. The molecule has 4 rings (SSSR count). The van der Waals surface area contributed by atoms with Crippen LogP contribution < -0.4 is 5.32 Å². The number of pyridine rings is 1. The lowest BCUT2D eigenvalue weighted by Gasteiger charge is -2.18. The number of carbonyl (C=O) groups excluding carboxylic acids is 1. The number of anilines is 1. The minimum absolute atomic E-state index is 0.112. The van der Waals surface area contributed by atoms with Crippen LogP contribution in [-0.4, -0.2) is 38.3 Å². The molecule has 6 nitrogen and oxygen atoms in total. The summed E-state index contributed by atoms with van der Waals surface area (Å²) in [5.41, 5.74) is 2.90. The van der Waals surface area contributed by atoms with Crippen LogP contribution in [0.1, 0.15) is 17.7 Å². The second-order valence-electron chi connectivity index (χ2n) is 6.69. The van der Waals surface area contributed by atoms with E-state index in [1.807, 2.05) is 60.4 Å². The summed E-state index contributed by atoms with van der Waals surface area (Å²) in [4.78, 5) is 27.8. The van der Waals surface area contributed by atoms with Crippen molar-refractivity contribution in [2.45, 2.75) is 25.9 Å². The Balaban J connectivity index is 1.48. The fourth-order valence-electron chi connectivity index (χ4n) is 3.28. The summed E-state index contributed by atoms with van der Waals surface area (Å²) in [6.07, 6.45) is 4.20. The second kappa shape index (κ2) is 7.53. The first-order chi connectivity index (χ1) is 13.2. The minimum atomic E-state index is -0.256. The largest absolute Gasteiger partial charge is 0.358 e. The Morgan fingerprint density at radius 3 is 2.67 bits per heavy atom. The van der Waals surface area contributed by atoms with Crippen molar-refractivity contribution in [1.29, 1.82) is 0 Å². The smallest absolute Gasteiger partial charge is 0.245 e. The number of aromatic nitrogens is 3. The number of benzene rings is 1. The third-order valence-electron chi connectivity index (χ3n) is 4.63. The van der Waals surface area contributed by atoms with Gasteiger partial charge < -0.3 is 10.2 Å². The maximum absolute atomic E-state index is 12.8. The highest BCUT2D eigenvalue weighted by Crippen LogP contribution is 2.21. The Kier molecular flexibility index (Phi) is 4.78. The van der Waals surface area contributed by atoms with Crippen LogP contribution in [0.25, 0.3) is 11.4 Å². The van der Waals surface area contributed by atoms with E-state index < -0.39 is 0 Å². The number of likely N-dealkylation sites (tertiary alicyclic amines) is 1. The first-order valence-electron chi connectivity index (χ1n) is 9.04. The molecule has 1 aliphatic heterocycles. The molecule has 1 saturated heterocycles. The van der Waals surface area contributed by atoms with E-state index >= 15 is 0 Å². The van der Waals surface area contributed by atoms with Crippen LogP contribution in [0.4, 0.5) is 5.82 Å². The molecule has 1 N–H and O–H groups in total. The van der Waals surface area contributed by atoms with Crippen molar-refractivity contribution in [3.63, 3.8) is 0 Å². The van der Waals surface area contributed by atoms with E-state index in [0.29, 0.717) is 18.2 Å². The zero-order chi connectivity index (χ0) is 18.6. The summed E-state index contributed by atoms with van der Waals surface area (Å²) in [6, 6.07) is 15.4. The molecule has 0 radical (unpaired) electrons. The monoisotopic (exact) mass is 359 g/mol. The van der Waals surface area contributed by atoms with Crippen molar-refractivity contribution in [2.75, 3.05) is 11.9 Å². The molecule has 0 aliphatic carbocycles. The highest BCUT2D eigenvalue weighted by molar-refractivity contribution is 5.86. The highest BCUT2D eigenvalue weighted by Gasteiger charge is 2.31. The number of hydrogen-bond donors (Lipinski definition) is 1. The van der Waals surface area contributed by atoms with E-state index in [9.17, 15) is 4.79 Å². The summed E-state index contributed by atoms with van der Waals surface area (Å²) in [5, 5.41) is 3.30. The number of carbonyl (C=O) groups is 1. The number of nitrogens with one attached hydrogen (secondary N) is 1. The van der Waals surface area contributed by atoms with Crippen LogP contribution in [0.3, 0.4) is 0 Å². The van der Waals surface area contributed by atoms with Gasteiger partial charge in [0, 0.05) is 42.8 Å². The summed E-state index contributed by atoms with van der Waals surface area (Å²) < 4.78 is 0. The number of hydrogen-bond acceptors (Lipinski definition) is 5. The summed E-state index contributed by atoms with van der Waals surface area (Å²) >= 11 is 0. The van der Waals surface area contributed by atoms with Crippen molar-refractivity contribution < 1.29 is 4.79 Å². The van der Waals surface area contributed by atoms with E-state index in [-0.39, 0.29) is 11.9 Å². The van der Waals surface area contributed by atoms with Crippen molar-refractivity contribution in [3.05, 3.63) is 72.2 Å². The normalized spacial score (nSPS) is 16.6. The van der Waals surface area contributed by atoms with Crippen molar-refractivity contribution in [3.8, 4) is 11.4 Å². The molecule has 1 amide bonds. The molecule has 0 unspecified atom stereocenters. The molecule has 136 valence electrons. The van der Waals surface area contributed by atoms with Gasteiger partial charge in [0.1, 0.15) is 11.9 Å². The molecule has 1 aromatic carbocycles. The van der Waals surface area contributed by atoms with Crippen molar-refractivity contribution >= 4 is 11.7 Å². The average molecular weight is 359 g/mol. The molecule has 2 aromatic heterocycles. The number of aryl methyl sites for hydroxylation is 1. The lowest BCUT2D eigenvalue weighted by Crippen LogP contribution is -2.33. The number of nitrogens with zero attached hydrogens (tertiary/aromatic N) is 4. The van der Waals surface area contributed by atoms with Crippen LogP contribution >= 0.6 is 0 Å². The molecule has 0 bridgehead atoms. The van der Waals surface area contributed by atoms with Crippen LogP contribution in [0.2, 0.25) is 0 Å². The van der Waals surface area contributed by atoms with Gasteiger partial charge in [-0.2, -0.15) is 0 Å². The van der Waals surface area contributed by atoms with E-state index in [2.05, 4.69) is 20.3 Å². The maximum Gasteiger partial charge on any atom is 0.245 e. The zero-order valence-electron chi connectivity index (χ0n) is 15.2. The van der Waals surface area contributed by atoms with Gasteiger partial charge in [-0.15, -0.1) is 0 Å². The SMILES string of the molecule is Cc1cc(N[C@H]2CCN(Cc3ccccc3)C2=O)nc(-c2ccncc2)n1. The van der Waals surface area contributed by atoms with Crippen molar-refractivity contribution in [2.24, 2.45) is 0 Å². The van der Waals surface area contributed by atoms with Gasteiger partial charge >= 0.3 is 0 Å².